The fourth-order valence-electron chi connectivity index (χ4n) is 1.49. The summed E-state index contributed by atoms with van der Waals surface area (Å²) in [5, 5.41) is 2.85. The first kappa shape index (κ1) is 12.3. The van der Waals surface area contributed by atoms with Crippen LogP contribution in [0.15, 0.2) is 23.6 Å². The van der Waals surface area contributed by atoms with Crippen molar-refractivity contribution in [3.8, 4) is 5.75 Å². The number of ether oxygens (including phenoxy) is 1. The summed E-state index contributed by atoms with van der Waals surface area (Å²) in [6.45, 7) is 0. The Hall–Kier alpha value is -1.13. The van der Waals surface area contributed by atoms with Gasteiger partial charge in [-0.1, -0.05) is 6.07 Å². The van der Waals surface area contributed by atoms with E-state index in [-0.39, 0.29) is 11.6 Å². The number of thiazole rings is 1. The minimum atomic E-state index is -0.348. The number of rotatable bonds is 4. The van der Waals surface area contributed by atoms with E-state index >= 15 is 0 Å². The van der Waals surface area contributed by atoms with Gasteiger partial charge in [0.2, 0.25) is 0 Å². The molecule has 0 saturated carbocycles. The minimum absolute atomic E-state index is 0.259. The van der Waals surface area contributed by atoms with Crippen LogP contribution in [0.4, 0.5) is 4.39 Å². The van der Waals surface area contributed by atoms with Crippen LogP contribution in [0.3, 0.4) is 0 Å². The van der Waals surface area contributed by atoms with Crippen LogP contribution in [-0.4, -0.2) is 12.1 Å². The van der Waals surface area contributed by atoms with Gasteiger partial charge in [-0.15, -0.1) is 22.9 Å². The zero-order chi connectivity index (χ0) is 12.3. The van der Waals surface area contributed by atoms with Gasteiger partial charge in [0.15, 0.2) is 11.6 Å². The maximum absolute atomic E-state index is 13.5. The van der Waals surface area contributed by atoms with E-state index in [1.807, 2.05) is 11.4 Å². The maximum Gasteiger partial charge on any atom is 0.165 e. The largest absolute Gasteiger partial charge is 0.494 e. The van der Waals surface area contributed by atoms with E-state index < -0.39 is 0 Å². The van der Waals surface area contributed by atoms with Gasteiger partial charge in [-0.2, -0.15) is 0 Å². The molecule has 2 nitrogen and oxygen atoms in total. The number of benzene rings is 1. The molecule has 0 saturated heterocycles. The van der Waals surface area contributed by atoms with Crippen LogP contribution in [0.5, 0.6) is 5.75 Å². The summed E-state index contributed by atoms with van der Waals surface area (Å²) in [7, 11) is 1.45. The van der Waals surface area contributed by atoms with E-state index in [1.165, 1.54) is 24.5 Å². The molecule has 2 rings (SSSR count). The van der Waals surface area contributed by atoms with Crippen LogP contribution in [0.2, 0.25) is 0 Å². The molecule has 0 unspecified atom stereocenters. The smallest absolute Gasteiger partial charge is 0.165 e. The lowest BCUT2D eigenvalue weighted by Gasteiger charge is -2.03. The molecule has 0 atom stereocenters. The van der Waals surface area contributed by atoms with Crippen molar-refractivity contribution in [1.82, 2.24) is 4.98 Å². The highest BCUT2D eigenvalue weighted by Gasteiger charge is 2.06. The first-order valence-electron chi connectivity index (χ1n) is 5.04. The second-order valence-corrected chi connectivity index (χ2v) is 4.72. The third kappa shape index (κ3) is 2.96. The molecule has 1 aromatic carbocycles. The van der Waals surface area contributed by atoms with E-state index in [4.69, 9.17) is 16.3 Å². The highest BCUT2D eigenvalue weighted by atomic mass is 35.5. The monoisotopic (exact) mass is 271 g/mol. The van der Waals surface area contributed by atoms with Crippen molar-refractivity contribution in [1.29, 1.82) is 0 Å². The number of methoxy groups -OCH3 is 1. The molecule has 0 aliphatic carbocycles. The normalized spacial score (nSPS) is 10.5. The molecule has 1 aromatic heterocycles. The van der Waals surface area contributed by atoms with Gasteiger partial charge in [-0.3, -0.25) is 0 Å². The Bertz CT molecular complexity index is 515. The van der Waals surface area contributed by atoms with Gasteiger partial charge < -0.3 is 4.74 Å². The summed E-state index contributed by atoms with van der Waals surface area (Å²) in [6, 6.07) is 4.94. The number of nitrogens with zero attached hydrogens (tertiary/aromatic N) is 1. The second-order valence-electron chi connectivity index (χ2n) is 3.51. The Balaban J connectivity index is 2.15. The number of halogens is 2. The van der Waals surface area contributed by atoms with Gasteiger partial charge >= 0.3 is 0 Å². The number of hydrogen-bond acceptors (Lipinski definition) is 3. The molecule has 1 heterocycles. The van der Waals surface area contributed by atoms with Crippen LogP contribution >= 0.6 is 22.9 Å². The molecular formula is C12H11ClFNOS. The molecular weight excluding hydrogens is 261 g/mol. The lowest BCUT2D eigenvalue weighted by atomic mass is 10.1. The van der Waals surface area contributed by atoms with Gasteiger partial charge in [-0.25, -0.2) is 9.37 Å². The minimum Gasteiger partial charge on any atom is -0.494 e. The molecule has 90 valence electrons. The molecule has 0 aliphatic rings. The van der Waals surface area contributed by atoms with Crippen molar-refractivity contribution in [2.24, 2.45) is 0 Å². The quantitative estimate of drug-likeness (QED) is 0.793. The van der Waals surface area contributed by atoms with Gasteiger partial charge in [0.25, 0.3) is 0 Å². The number of alkyl halides is 1. The third-order valence-corrected chi connectivity index (χ3v) is 3.48. The summed E-state index contributed by atoms with van der Waals surface area (Å²) in [4.78, 5) is 4.33. The molecule has 17 heavy (non-hydrogen) atoms. The van der Waals surface area contributed by atoms with Crippen LogP contribution in [0.1, 0.15) is 16.3 Å². The Morgan fingerprint density at radius 1 is 1.47 bits per heavy atom. The Morgan fingerprint density at radius 3 is 2.88 bits per heavy atom. The standard InChI is InChI=1S/C12H11ClFNOS/c1-16-11-3-2-8(4-10(11)14)5-12-15-9(6-13)7-17-12/h2-4,7H,5-6H2,1H3. The van der Waals surface area contributed by atoms with Crippen LogP contribution in [0.25, 0.3) is 0 Å². The first-order chi connectivity index (χ1) is 8.22. The highest BCUT2D eigenvalue weighted by molar-refractivity contribution is 7.09. The lowest BCUT2D eigenvalue weighted by molar-refractivity contribution is 0.386. The average Bonchev–Trinajstić information content (AvgIpc) is 2.77. The highest BCUT2D eigenvalue weighted by Crippen LogP contribution is 2.21. The predicted octanol–water partition coefficient (Wildman–Crippen LogP) is 3.62. The van der Waals surface area contributed by atoms with Crippen LogP contribution in [-0.2, 0) is 12.3 Å². The Morgan fingerprint density at radius 2 is 2.29 bits per heavy atom. The average molecular weight is 272 g/mol. The number of aromatic nitrogens is 1. The van der Waals surface area contributed by atoms with Gasteiger partial charge in [0.05, 0.1) is 23.7 Å². The molecule has 0 amide bonds. The first-order valence-corrected chi connectivity index (χ1v) is 6.46. The summed E-state index contributed by atoms with van der Waals surface area (Å²) < 4.78 is 18.3. The predicted molar refractivity (Wildman–Crippen MR) is 67.4 cm³/mol. The lowest BCUT2D eigenvalue weighted by Crippen LogP contribution is -1.92. The summed E-state index contributed by atoms with van der Waals surface area (Å²) in [6.07, 6.45) is 0.614. The van der Waals surface area contributed by atoms with E-state index in [9.17, 15) is 4.39 Å². The molecule has 5 heteroatoms. The van der Waals surface area contributed by atoms with Gasteiger partial charge in [0, 0.05) is 11.8 Å². The van der Waals surface area contributed by atoms with Crippen molar-refractivity contribution in [2.75, 3.05) is 7.11 Å². The molecule has 2 aromatic rings. The van der Waals surface area contributed by atoms with Gasteiger partial charge in [-0.05, 0) is 17.7 Å². The zero-order valence-corrected chi connectivity index (χ0v) is 10.8. The van der Waals surface area contributed by atoms with E-state index in [0.717, 1.165) is 16.3 Å². The molecule has 0 aliphatic heterocycles. The molecule has 0 N–H and O–H groups in total. The van der Waals surface area contributed by atoms with Crippen molar-refractivity contribution < 1.29 is 9.13 Å². The summed E-state index contributed by atoms with van der Waals surface area (Å²) >= 11 is 7.21. The SMILES string of the molecule is COc1ccc(Cc2nc(CCl)cs2)cc1F. The second kappa shape index (κ2) is 5.47. The van der Waals surface area contributed by atoms with Gasteiger partial charge in [0.1, 0.15) is 0 Å². The van der Waals surface area contributed by atoms with Crippen LogP contribution < -0.4 is 4.74 Å². The van der Waals surface area contributed by atoms with E-state index in [1.54, 1.807) is 6.07 Å². The summed E-state index contributed by atoms with van der Waals surface area (Å²) in [5.74, 6) is 0.321. The fourth-order valence-corrected chi connectivity index (χ4v) is 2.54. The van der Waals surface area contributed by atoms with Crippen molar-refractivity contribution in [2.45, 2.75) is 12.3 Å². The van der Waals surface area contributed by atoms with Crippen molar-refractivity contribution in [3.05, 3.63) is 45.7 Å². The Kier molecular flexibility index (Phi) is 3.97. The zero-order valence-electron chi connectivity index (χ0n) is 9.24. The Labute approximate surface area is 108 Å². The molecule has 0 spiro atoms. The van der Waals surface area contributed by atoms with Crippen molar-refractivity contribution in [3.63, 3.8) is 0 Å². The van der Waals surface area contributed by atoms with E-state index in [2.05, 4.69) is 4.98 Å². The third-order valence-electron chi connectivity index (χ3n) is 2.31. The topological polar surface area (TPSA) is 22.1 Å². The van der Waals surface area contributed by atoms with Crippen molar-refractivity contribution >= 4 is 22.9 Å². The summed E-state index contributed by atoms with van der Waals surface area (Å²) in [5.41, 5.74) is 1.74. The fraction of sp³-hybridized carbons (Fsp3) is 0.250. The van der Waals surface area contributed by atoms with Crippen LogP contribution in [0, 0.1) is 5.82 Å². The molecule has 0 bridgehead atoms. The maximum atomic E-state index is 13.5. The molecule has 0 radical (unpaired) electrons. The number of hydrogen-bond donors (Lipinski definition) is 0. The molecule has 0 fully saturated rings. The van der Waals surface area contributed by atoms with E-state index in [0.29, 0.717) is 12.3 Å².